The first-order valence-corrected chi connectivity index (χ1v) is 8.74. The van der Waals surface area contributed by atoms with E-state index in [9.17, 15) is 23.1 Å². The van der Waals surface area contributed by atoms with Crippen LogP contribution in [-0.4, -0.2) is 52.0 Å². The van der Waals surface area contributed by atoms with E-state index in [4.69, 9.17) is 9.47 Å². The van der Waals surface area contributed by atoms with Crippen LogP contribution in [0.2, 0.25) is 0 Å². The van der Waals surface area contributed by atoms with Crippen LogP contribution >= 0.6 is 0 Å². The summed E-state index contributed by atoms with van der Waals surface area (Å²) < 4.78 is 50.0. The normalized spacial score (nSPS) is 28.8. The Labute approximate surface area is 155 Å². The smallest absolute Gasteiger partial charge is 0.416 e. The van der Waals surface area contributed by atoms with Crippen molar-refractivity contribution in [3.8, 4) is 0 Å². The van der Waals surface area contributed by atoms with Crippen LogP contribution in [0.5, 0.6) is 0 Å². The summed E-state index contributed by atoms with van der Waals surface area (Å²) in [6.07, 6.45) is -3.94. The van der Waals surface area contributed by atoms with Crippen molar-refractivity contribution in [2.45, 2.75) is 63.1 Å². The van der Waals surface area contributed by atoms with Gasteiger partial charge < -0.3 is 14.6 Å². The van der Waals surface area contributed by atoms with Gasteiger partial charge in [0.15, 0.2) is 0 Å². The molecule has 2 aliphatic rings. The molecule has 2 aliphatic heterocycles. The van der Waals surface area contributed by atoms with E-state index in [2.05, 4.69) is 4.98 Å². The van der Waals surface area contributed by atoms with Crippen LogP contribution in [-0.2, 0) is 21.3 Å². The summed E-state index contributed by atoms with van der Waals surface area (Å²) in [6.45, 7) is 5.62. The molecule has 0 aliphatic carbocycles. The third kappa shape index (κ3) is 4.19. The molecule has 0 radical (unpaired) electrons. The zero-order chi connectivity index (χ0) is 20.0. The molecule has 0 spiro atoms. The number of nitrogens with zero attached hydrogens (tertiary/aromatic N) is 2. The monoisotopic (exact) mass is 388 g/mol. The molecule has 0 aromatic carbocycles. The van der Waals surface area contributed by atoms with Gasteiger partial charge in [-0.2, -0.15) is 13.2 Å². The first-order valence-electron chi connectivity index (χ1n) is 8.74. The van der Waals surface area contributed by atoms with Gasteiger partial charge in [0.25, 0.3) is 0 Å². The van der Waals surface area contributed by atoms with Gasteiger partial charge in [-0.1, -0.05) is 0 Å². The Morgan fingerprint density at radius 2 is 1.89 bits per heavy atom. The number of carbonyl (C=O) groups excluding carboxylic acids is 1. The molecule has 6 nitrogen and oxygen atoms in total. The fourth-order valence-corrected chi connectivity index (χ4v) is 3.66. The van der Waals surface area contributed by atoms with Crippen LogP contribution in [0.1, 0.15) is 44.9 Å². The number of alkyl halides is 3. The second-order valence-corrected chi connectivity index (χ2v) is 8.10. The van der Waals surface area contributed by atoms with Gasteiger partial charge in [-0.15, -0.1) is 0 Å². The van der Waals surface area contributed by atoms with Crippen LogP contribution in [0.25, 0.3) is 0 Å². The number of rotatable bonds is 1. The van der Waals surface area contributed by atoms with Gasteiger partial charge in [0.05, 0.1) is 36.6 Å². The second kappa shape index (κ2) is 6.63. The fourth-order valence-electron chi connectivity index (χ4n) is 3.66. The molecule has 1 aromatic heterocycles. The van der Waals surface area contributed by atoms with Crippen LogP contribution < -0.4 is 0 Å². The molecule has 1 aromatic rings. The summed E-state index contributed by atoms with van der Waals surface area (Å²) in [4.78, 5) is 18.1. The van der Waals surface area contributed by atoms with Crippen molar-refractivity contribution in [2.24, 2.45) is 0 Å². The predicted molar refractivity (Wildman–Crippen MR) is 88.8 cm³/mol. The number of fused-ring (bicyclic) bond motifs is 2. The molecule has 2 fully saturated rings. The Bertz CT molecular complexity index is 703. The minimum atomic E-state index is -4.52. The van der Waals surface area contributed by atoms with Crippen LogP contribution in [0.15, 0.2) is 18.3 Å². The number of hydrogen-bond acceptors (Lipinski definition) is 5. The van der Waals surface area contributed by atoms with Crippen molar-refractivity contribution in [3.05, 3.63) is 29.6 Å². The Balaban J connectivity index is 1.86. The van der Waals surface area contributed by atoms with E-state index in [0.29, 0.717) is 0 Å². The Morgan fingerprint density at radius 3 is 2.41 bits per heavy atom. The maximum atomic E-state index is 13.0. The molecule has 150 valence electrons. The molecule has 3 heterocycles. The highest BCUT2D eigenvalue weighted by atomic mass is 19.4. The van der Waals surface area contributed by atoms with E-state index < -0.39 is 41.1 Å². The molecule has 1 N–H and O–H groups in total. The van der Waals surface area contributed by atoms with Gasteiger partial charge in [0, 0.05) is 19.0 Å². The van der Waals surface area contributed by atoms with Crippen molar-refractivity contribution in [2.75, 3.05) is 13.2 Å². The summed E-state index contributed by atoms with van der Waals surface area (Å²) in [5, 5.41) is 11.1. The average Bonchev–Trinajstić information content (AvgIpc) is 2.51. The fraction of sp³-hybridized carbons (Fsp3) is 0.667. The van der Waals surface area contributed by atoms with E-state index in [-0.39, 0.29) is 31.7 Å². The zero-order valence-electron chi connectivity index (χ0n) is 15.4. The Kier molecular flexibility index (Phi) is 4.88. The molecule has 2 bridgehead atoms. The molecule has 9 heteroatoms. The minimum absolute atomic E-state index is 0.0249. The number of morpholine rings is 1. The van der Waals surface area contributed by atoms with Crippen LogP contribution in [0, 0.1) is 0 Å². The molecule has 3 rings (SSSR count). The lowest BCUT2D eigenvalue weighted by atomic mass is 9.79. The summed E-state index contributed by atoms with van der Waals surface area (Å²) >= 11 is 0. The van der Waals surface area contributed by atoms with Crippen LogP contribution in [0.3, 0.4) is 0 Å². The van der Waals surface area contributed by atoms with Crippen molar-refractivity contribution in [1.82, 2.24) is 9.88 Å². The lowest BCUT2D eigenvalue weighted by Gasteiger charge is -2.51. The average molecular weight is 388 g/mol. The SMILES string of the molecule is CC(C)(C)OC(=O)N1C2COCC1CC(O)(c1cc(C(F)(F)F)ccn1)C2. The number of aliphatic hydroxyl groups is 1. The first-order chi connectivity index (χ1) is 12.4. The van der Waals surface area contributed by atoms with Crippen molar-refractivity contribution in [3.63, 3.8) is 0 Å². The summed E-state index contributed by atoms with van der Waals surface area (Å²) in [5.74, 6) is 0. The number of pyridine rings is 1. The van der Waals surface area contributed by atoms with E-state index >= 15 is 0 Å². The van der Waals surface area contributed by atoms with E-state index in [1.807, 2.05) is 0 Å². The quantitative estimate of drug-likeness (QED) is 0.801. The zero-order valence-corrected chi connectivity index (χ0v) is 15.4. The number of amides is 1. The third-order valence-corrected chi connectivity index (χ3v) is 4.72. The van der Waals surface area contributed by atoms with Gasteiger partial charge in [0.1, 0.15) is 11.2 Å². The third-order valence-electron chi connectivity index (χ3n) is 4.72. The molecular formula is C18H23F3N2O4. The molecular weight excluding hydrogens is 365 g/mol. The van der Waals surface area contributed by atoms with Gasteiger partial charge in [-0.3, -0.25) is 9.88 Å². The highest BCUT2D eigenvalue weighted by molar-refractivity contribution is 5.69. The minimum Gasteiger partial charge on any atom is -0.444 e. The van der Waals surface area contributed by atoms with Gasteiger partial charge >= 0.3 is 12.3 Å². The predicted octanol–water partition coefficient (Wildman–Crippen LogP) is 3.09. The number of halogens is 3. The number of ether oxygens (including phenoxy) is 2. The largest absolute Gasteiger partial charge is 0.444 e. The maximum absolute atomic E-state index is 13.0. The standard InChI is InChI=1S/C18H23F3N2O4/c1-16(2,3)27-15(24)23-12-7-17(25,8-13(23)10-26-9-12)14-6-11(4-5-22-14)18(19,20)21/h4-6,12-13,25H,7-10H2,1-3H3. The van der Waals surface area contributed by atoms with E-state index in [1.54, 1.807) is 20.8 Å². The van der Waals surface area contributed by atoms with E-state index in [0.717, 1.165) is 18.3 Å². The number of piperidine rings is 1. The molecule has 2 unspecified atom stereocenters. The van der Waals surface area contributed by atoms with Crippen LogP contribution in [0.4, 0.5) is 18.0 Å². The van der Waals surface area contributed by atoms with Crippen molar-refractivity contribution in [1.29, 1.82) is 0 Å². The second-order valence-electron chi connectivity index (χ2n) is 8.10. The topological polar surface area (TPSA) is 71.9 Å². The Hall–Kier alpha value is -1.87. The number of hydrogen-bond donors (Lipinski definition) is 1. The molecule has 27 heavy (non-hydrogen) atoms. The molecule has 2 saturated heterocycles. The molecule has 0 saturated carbocycles. The van der Waals surface area contributed by atoms with Gasteiger partial charge in [0.2, 0.25) is 0 Å². The molecule has 2 atom stereocenters. The highest BCUT2D eigenvalue weighted by Gasteiger charge is 2.50. The Morgan fingerprint density at radius 1 is 1.30 bits per heavy atom. The summed E-state index contributed by atoms with van der Waals surface area (Å²) in [7, 11) is 0. The van der Waals surface area contributed by atoms with E-state index in [1.165, 1.54) is 4.90 Å². The number of carbonyl (C=O) groups is 1. The van der Waals surface area contributed by atoms with Crippen molar-refractivity contribution < 1.29 is 32.5 Å². The summed E-state index contributed by atoms with van der Waals surface area (Å²) in [6, 6.07) is 0.731. The number of aromatic nitrogens is 1. The first kappa shape index (κ1) is 19.9. The van der Waals surface area contributed by atoms with Gasteiger partial charge in [-0.25, -0.2) is 4.79 Å². The molecule has 1 amide bonds. The summed E-state index contributed by atoms with van der Waals surface area (Å²) in [5.41, 5.74) is -3.16. The highest BCUT2D eigenvalue weighted by Crippen LogP contribution is 2.42. The van der Waals surface area contributed by atoms with Gasteiger partial charge in [-0.05, 0) is 32.9 Å². The maximum Gasteiger partial charge on any atom is 0.416 e. The lowest BCUT2D eigenvalue weighted by molar-refractivity contribution is -0.144. The lowest BCUT2D eigenvalue weighted by Crippen LogP contribution is -2.63. The van der Waals surface area contributed by atoms with Crippen molar-refractivity contribution >= 4 is 6.09 Å².